The van der Waals surface area contributed by atoms with Crippen molar-refractivity contribution in [3.05, 3.63) is 47.9 Å². The predicted octanol–water partition coefficient (Wildman–Crippen LogP) is 2.90. The van der Waals surface area contributed by atoms with Crippen molar-refractivity contribution >= 4 is 11.6 Å². The molecule has 2 aromatic rings. The zero-order valence-corrected chi connectivity index (χ0v) is 13.1. The van der Waals surface area contributed by atoms with E-state index in [2.05, 4.69) is 9.88 Å². The summed E-state index contributed by atoms with van der Waals surface area (Å²) in [6.45, 7) is 3.32. The molecule has 3 rings (SSSR count). The van der Waals surface area contributed by atoms with E-state index in [1.807, 2.05) is 18.2 Å². The lowest BCUT2D eigenvalue weighted by atomic mass is 9.96. The first-order chi connectivity index (χ1) is 11.0. The third kappa shape index (κ3) is 3.33. The van der Waals surface area contributed by atoms with Crippen LogP contribution < -0.4 is 10.6 Å². The molecule has 1 aliphatic rings. The van der Waals surface area contributed by atoms with Crippen molar-refractivity contribution in [3.8, 4) is 11.3 Å². The Kier molecular flexibility index (Phi) is 4.28. The summed E-state index contributed by atoms with van der Waals surface area (Å²) >= 11 is 0. The van der Waals surface area contributed by atoms with Gasteiger partial charge in [0, 0.05) is 36.5 Å². The highest BCUT2D eigenvalue weighted by Gasteiger charge is 2.23. The fraction of sp³-hybridized carbons (Fsp3) is 0.333. The van der Waals surface area contributed by atoms with Crippen molar-refractivity contribution in [3.63, 3.8) is 0 Å². The molecule has 5 heteroatoms. The van der Waals surface area contributed by atoms with Crippen LogP contribution in [0.15, 0.2) is 36.5 Å². The fourth-order valence-corrected chi connectivity index (χ4v) is 2.95. The molecule has 2 heterocycles. The highest BCUT2D eigenvalue weighted by Crippen LogP contribution is 2.27. The third-order valence-corrected chi connectivity index (χ3v) is 4.47. The maximum Gasteiger partial charge on any atom is 0.220 e. The van der Waals surface area contributed by atoms with E-state index >= 15 is 0 Å². The number of amides is 1. The van der Waals surface area contributed by atoms with Crippen molar-refractivity contribution in [2.24, 2.45) is 11.7 Å². The molecule has 0 spiro atoms. The highest BCUT2D eigenvalue weighted by molar-refractivity contribution is 5.77. The van der Waals surface area contributed by atoms with Gasteiger partial charge in [-0.2, -0.15) is 0 Å². The molecule has 120 valence electrons. The maximum atomic E-state index is 13.8. The number of pyridine rings is 1. The fourth-order valence-electron chi connectivity index (χ4n) is 2.95. The number of hydrogen-bond acceptors (Lipinski definition) is 3. The van der Waals surface area contributed by atoms with Crippen LogP contribution in [-0.2, 0) is 4.79 Å². The van der Waals surface area contributed by atoms with Gasteiger partial charge in [0.1, 0.15) is 5.82 Å². The molecule has 1 aromatic heterocycles. The van der Waals surface area contributed by atoms with Gasteiger partial charge in [-0.15, -0.1) is 0 Å². The van der Waals surface area contributed by atoms with Crippen molar-refractivity contribution in [2.45, 2.75) is 19.8 Å². The number of rotatable bonds is 3. The maximum absolute atomic E-state index is 13.8. The van der Waals surface area contributed by atoms with Crippen molar-refractivity contribution in [1.29, 1.82) is 0 Å². The van der Waals surface area contributed by atoms with Gasteiger partial charge in [0.25, 0.3) is 0 Å². The number of carbonyl (C=O) groups is 1. The Morgan fingerprint density at radius 2 is 2.00 bits per heavy atom. The Bertz CT molecular complexity index is 724. The number of carbonyl (C=O) groups excluding carboxylic acids is 1. The van der Waals surface area contributed by atoms with Crippen LogP contribution >= 0.6 is 0 Å². The molecule has 0 atom stereocenters. The monoisotopic (exact) mass is 313 g/mol. The Labute approximate surface area is 135 Å². The molecule has 1 saturated heterocycles. The van der Waals surface area contributed by atoms with Crippen LogP contribution in [0.4, 0.5) is 10.1 Å². The number of halogens is 1. The molecule has 1 aliphatic heterocycles. The van der Waals surface area contributed by atoms with E-state index in [0.717, 1.165) is 42.9 Å². The number of piperidine rings is 1. The number of anilines is 1. The average Bonchev–Trinajstić information content (AvgIpc) is 2.57. The van der Waals surface area contributed by atoms with Gasteiger partial charge in [0.05, 0.1) is 5.69 Å². The molecule has 1 aromatic carbocycles. The van der Waals surface area contributed by atoms with E-state index in [1.165, 1.54) is 6.07 Å². The van der Waals surface area contributed by atoms with Crippen LogP contribution in [0.3, 0.4) is 0 Å². The lowest BCUT2D eigenvalue weighted by Crippen LogP contribution is -2.38. The largest absolute Gasteiger partial charge is 0.371 e. The van der Waals surface area contributed by atoms with Gasteiger partial charge < -0.3 is 10.6 Å². The van der Waals surface area contributed by atoms with E-state index in [4.69, 9.17) is 5.73 Å². The molecule has 0 saturated carbocycles. The first-order valence-corrected chi connectivity index (χ1v) is 7.81. The molecule has 23 heavy (non-hydrogen) atoms. The second-order valence-electron chi connectivity index (χ2n) is 6.03. The molecule has 1 fully saturated rings. The smallest absolute Gasteiger partial charge is 0.220 e. The third-order valence-electron chi connectivity index (χ3n) is 4.47. The molecule has 0 aliphatic carbocycles. The van der Waals surface area contributed by atoms with Crippen LogP contribution in [0, 0.1) is 18.7 Å². The second kappa shape index (κ2) is 6.36. The number of hydrogen-bond donors (Lipinski definition) is 1. The van der Waals surface area contributed by atoms with Gasteiger partial charge >= 0.3 is 0 Å². The van der Waals surface area contributed by atoms with Crippen molar-refractivity contribution in [1.82, 2.24) is 4.98 Å². The van der Waals surface area contributed by atoms with E-state index in [1.54, 1.807) is 19.2 Å². The summed E-state index contributed by atoms with van der Waals surface area (Å²) in [5, 5.41) is 0. The van der Waals surface area contributed by atoms with E-state index in [0.29, 0.717) is 5.56 Å². The summed E-state index contributed by atoms with van der Waals surface area (Å²) in [4.78, 5) is 17.8. The summed E-state index contributed by atoms with van der Waals surface area (Å²) in [7, 11) is 0. The Morgan fingerprint density at radius 3 is 2.65 bits per heavy atom. The molecule has 0 radical (unpaired) electrons. The van der Waals surface area contributed by atoms with E-state index < -0.39 is 0 Å². The summed E-state index contributed by atoms with van der Waals surface area (Å²) in [6.07, 6.45) is 3.28. The Morgan fingerprint density at radius 1 is 1.26 bits per heavy atom. The van der Waals surface area contributed by atoms with Crippen LogP contribution in [0.5, 0.6) is 0 Å². The van der Waals surface area contributed by atoms with Crippen LogP contribution in [0.25, 0.3) is 11.3 Å². The number of nitrogens with two attached hydrogens (primary N) is 1. The minimum absolute atomic E-state index is 0.0289. The Hall–Kier alpha value is -2.43. The Balaban J connectivity index is 1.80. The SMILES string of the molecule is Cc1ccc(-c2cc(N3CCC(C(N)=O)CC3)ccn2)cc1F. The van der Waals surface area contributed by atoms with Gasteiger partial charge in [-0.3, -0.25) is 9.78 Å². The van der Waals surface area contributed by atoms with Gasteiger partial charge in [0.15, 0.2) is 0 Å². The molecule has 4 nitrogen and oxygen atoms in total. The number of benzene rings is 1. The zero-order valence-electron chi connectivity index (χ0n) is 13.1. The first kappa shape index (κ1) is 15.5. The molecule has 1 amide bonds. The number of nitrogens with zero attached hydrogens (tertiary/aromatic N) is 2. The number of aryl methyl sites for hydroxylation is 1. The minimum Gasteiger partial charge on any atom is -0.371 e. The first-order valence-electron chi connectivity index (χ1n) is 7.81. The second-order valence-corrected chi connectivity index (χ2v) is 6.03. The van der Waals surface area contributed by atoms with Crippen LogP contribution in [0.2, 0.25) is 0 Å². The molecule has 0 unspecified atom stereocenters. The topological polar surface area (TPSA) is 59.2 Å². The average molecular weight is 313 g/mol. The van der Waals surface area contributed by atoms with Crippen molar-refractivity contribution < 1.29 is 9.18 Å². The quantitative estimate of drug-likeness (QED) is 0.948. The lowest BCUT2D eigenvalue weighted by Gasteiger charge is -2.32. The molecule has 2 N–H and O–H groups in total. The molecular formula is C18H20FN3O. The van der Waals surface area contributed by atoms with Crippen LogP contribution in [0.1, 0.15) is 18.4 Å². The van der Waals surface area contributed by atoms with Crippen molar-refractivity contribution in [2.75, 3.05) is 18.0 Å². The summed E-state index contributed by atoms with van der Waals surface area (Å²) in [6, 6.07) is 9.06. The van der Waals surface area contributed by atoms with Gasteiger partial charge in [-0.25, -0.2) is 4.39 Å². The number of primary amides is 1. The minimum atomic E-state index is -0.225. The zero-order chi connectivity index (χ0) is 16.4. The summed E-state index contributed by atoms with van der Waals surface area (Å²) in [5.74, 6) is -0.467. The summed E-state index contributed by atoms with van der Waals surface area (Å²) in [5.41, 5.74) is 8.55. The highest BCUT2D eigenvalue weighted by atomic mass is 19.1. The summed E-state index contributed by atoms with van der Waals surface area (Å²) < 4.78 is 13.8. The van der Waals surface area contributed by atoms with E-state index in [9.17, 15) is 9.18 Å². The van der Waals surface area contributed by atoms with Crippen LogP contribution in [-0.4, -0.2) is 24.0 Å². The van der Waals surface area contributed by atoms with E-state index in [-0.39, 0.29) is 17.6 Å². The van der Waals surface area contributed by atoms with Gasteiger partial charge in [-0.1, -0.05) is 12.1 Å². The lowest BCUT2D eigenvalue weighted by molar-refractivity contribution is -0.122. The van der Waals surface area contributed by atoms with Gasteiger partial charge in [-0.05, 0) is 43.5 Å². The molecule has 0 bridgehead atoms. The standard InChI is InChI=1S/C18H20FN3O/c1-12-2-3-14(10-16(12)19)17-11-15(4-7-21-17)22-8-5-13(6-9-22)18(20)23/h2-4,7,10-11,13H,5-6,8-9H2,1H3,(H2,20,23). The molecular weight excluding hydrogens is 293 g/mol. The normalized spacial score (nSPS) is 15.7. The number of aromatic nitrogens is 1. The predicted molar refractivity (Wildman–Crippen MR) is 88.5 cm³/mol. The van der Waals surface area contributed by atoms with Gasteiger partial charge in [0.2, 0.25) is 5.91 Å².